The van der Waals surface area contributed by atoms with Crippen molar-refractivity contribution in [3.05, 3.63) is 0 Å². The van der Waals surface area contributed by atoms with Crippen molar-refractivity contribution >= 4 is 13.4 Å². The summed E-state index contributed by atoms with van der Waals surface area (Å²) in [6.07, 6.45) is 1.37. The van der Waals surface area contributed by atoms with Gasteiger partial charge in [0, 0.05) is 14.2 Å². The highest BCUT2D eigenvalue weighted by atomic mass is 31.2. The van der Waals surface area contributed by atoms with Gasteiger partial charge in [0.15, 0.2) is 11.5 Å². The van der Waals surface area contributed by atoms with Gasteiger partial charge in [0.05, 0.1) is 0 Å². The molecule has 0 aromatic heterocycles. The second-order valence-electron chi connectivity index (χ2n) is 3.73. The predicted octanol–water partition coefficient (Wildman–Crippen LogP) is 2.32. The highest BCUT2D eigenvalue weighted by molar-refractivity contribution is 7.54. The molecule has 0 bridgehead atoms. The molecule has 0 amide bonds. The molecule has 1 rings (SSSR count). The lowest BCUT2D eigenvalue weighted by molar-refractivity contribution is -0.127. The van der Waals surface area contributed by atoms with E-state index >= 15 is 0 Å². The lowest BCUT2D eigenvalue weighted by Gasteiger charge is -2.20. The average molecular weight is 238 g/mol. The lowest BCUT2D eigenvalue weighted by Crippen LogP contribution is -2.33. The van der Waals surface area contributed by atoms with Crippen LogP contribution in [0.4, 0.5) is 4.39 Å². The fraction of sp³-hybridized carbons (Fsp3) is 0.889. The minimum atomic E-state index is -3.42. The Labute approximate surface area is 88.7 Å². The molecule has 1 fully saturated rings. The summed E-state index contributed by atoms with van der Waals surface area (Å²) in [5.41, 5.74) is -1.81. The number of hydrogen-bond donors (Lipinski definition) is 0. The van der Waals surface area contributed by atoms with Crippen molar-refractivity contribution in [3.8, 4) is 0 Å². The van der Waals surface area contributed by atoms with Crippen molar-refractivity contribution in [3.63, 3.8) is 0 Å². The van der Waals surface area contributed by atoms with Crippen molar-refractivity contribution in [1.82, 2.24) is 0 Å². The van der Waals surface area contributed by atoms with Gasteiger partial charge in [-0.15, -0.1) is 0 Å². The molecule has 0 atom stereocenters. The molecule has 88 valence electrons. The van der Waals surface area contributed by atoms with Crippen LogP contribution in [0.2, 0.25) is 0 Å². The standard InChI is InChI=1S/C9H16FO4P/c1-13-15(12,14-2)7-8(11)9(10)5-3-4-6-9/h3-7H2,1-2H3. The number of halogens is 1. The Morgan fingerprint density at radius 1 is 1.33 bits per heavy atom. The van der Waals surface area contributed by atoms with E-state index in [1.165, 1.54) is 14.2 Å². The van der Waals surface area contributed by atoms with E-state index in [4.69, 9.17) is 0 Å². The average Bonchev–Trinajstić information content (AvgIpc) is 2.66. The van der Waals surface area contributed by atoms with Gasteiger partial charge >= 0.3 is 7.60 Å². The van der Waals surface area contributed by atoms with E-state index < -0.39 is 25.2 Å². The van der Waals surface area contributed by atoms with Gasteiger partial charge in [0.25, 0.3) is 0 Å². The molecule has 0 saturated heterocycles. The van der Waals surface area contributed by atoms with Crippen LogP contribution < -0.4 is 0 Å². The normalized spacial score (nSPS) is 20.5. The highest BCUT2D eigenvalue weighted by Gasteiger charge is 2.44. The second kappa shape index (κ2) is 4.73. The van der Waals surface area contributed by atoms with Crippen LogP contribution in [0.1, 0.15) is 25.7 Å². The molecule has 4 nitrogen and oxygen atoms in total. The van der Waals surface area contributed by atoms with E-state index in [1.807, 2.05) is 0 Å². The van der Waals surface area contributed by atoms with Crippen LogP contribution in [0, 0.1) is 0 Å². The Balaban J connectivity index is 2.66. The van der Waals surface area contributed by atoms with Crippen LogP contribution in [0.15, 0.2) is 0 Å². The van der Waals surface area contributed by atoms with Crippen molar-refractivity contribution < 1.29 is 22.8 Å². The molecule has 6 heteroatoms. The predicted molar refractivity (Wildman–Crippen MR) is 53.8 cm³/mol. The summed E-state index contributed by atoms with van der Waals surface area (Å²) in [5.74, 6) is -0.660. The lowest BCUT2D eigenvalue weighted by atomic mass is 10.0. The molecule has 1 saturated carbocycles. The van der Waals surface area contributed by atoms with Crippen LogP contribution in [-0.4, -0.2) is 31.8 Å². The van der Waals surface area contributed by atoms with Gasteiger partial charge in [0.2, 0.25) is 0 Å². The summed E-state index contributed by atoms with van der Waals surface area (Å²) in [6, 6.07) is 0. The zero-order valence-corrected chi connectivity index (χ0v) is 9.89. The van der Waals surface area contributed by atoms with Crippen LogP contribution in [0.5, 0.6) is 0 Å². The smallest absolute Gasteiger partial charge is 0.312 e. The third-order valence-electron chi connectivity index (χ3n) is 2.79. The molecule has 1 aliphatic carbocycles. The van der Waals surface area contributed by atoms with Gasteiger partial charge in [-0.3, -0.25) is 9.36 Å². The monoisotopic (exact) mass is 238 g/mol. The maximum absolute atomic E-state index is 13.9. The van der Waals surface area contributed by atoms with Crippen molar-refractivity contribution in [2.75, 3.05) is 20.4 Å². The molecule has 0 N–H and O–H groups in total. The number of rotatable bonds is 5. The zero-order valence-electron chi connectivity index (χ0n) is 8.99. The molecule has 0 unspecified atom stereocenters. The van der Waals surface area contributed by atoms with Crippen molar-refractivity contribution in [2.24, 2.45) is 0 Å². The summed E-state index contributed by atoms with van der Waals surface area (Å²) in [5, 5.41) is 0. The van der Waals surface area contributed by atoms with Gasteiger partial charge in [0.1, 0.15) is 6.16 Å². The van der Waals surface area contributed by atoms with Crippen molar-refractivity contribution in [1.29, 1.82) is 0 Å². The zero-order chi connectivity index (χ0) is 11.5. The number of ketones is 1. The van der Waals surface area contributed by atoms with Crippen LogP contribution in [0.25, 0.3) is 0 Å². The number of alkyl halides is 1. The Morgan fingerprint density at radius 2 is 1.80 bits per heavy atom. The summed E-state index contributed by atoms with van der Waals surface area (Å²) >= 11 is 0. The third-order valence-corrected chi connectivity index (χ3v) is 4.58. The Bertz CT molecular complexity index is 278. The number of Topliss-reactive ketones (excluding diaryl/α,β-unsaturated/α-hetero) is 1. The first kappa shape index (κ1) is 12.8. The topological polar surface area (TPSA) is 52.6 Å². The Hall–Kier alpha value is -0.250. The van der Waals surface area contributed by atoms with Gasteiger partial charge < -0.3 is 9.05 Å². The van der Waals surface area contributed by atoms with E-state index in [1.54, 1.807) is 0 Å². The summed E-state index contributed by atoms with van der Waals surface area (Å²) in [4.78, 5) is 11.6. The van der Waals surface area contributed by atoms with Crippen molar-refractivity contribution in [2.45, 2.75) is 31.4 Å². The minimum absolute atomic E-state index is 0.221. The number of hydrogen-bond acceptors (Lipinski definition) is 4. The first-order valence-corrected chi connectivity index (χ1v) is 6.61. The van der Waals surface area contributed by atoms with Crippen LogP contribution in [0.3, 0.4) is 0 Å². The van der Waals surface area contributed by atoms with E-state index in [0.717, 1.165) is 0 Å². The molecule has 15 heavy (non-hydrogen) atoms. The number of carbonyl (C=O) groups is 1. The van der Waals surface area contributed by atoms with Crippen LogP contribution >= 0.6 is 7.60 Å². The minimum Gasteiger partial charge on any atom is -0.312 e. The summed E-state index contributed by atoms with van der Waals surface area (Å²) < 4.78 is 34.8. The highest BCUT2D eigenvalue weighted by Crippen LogP contribution is 2.48. The maximum atomic E-state index is 13.9. The largest absolute Gasteiger partial charge is 0.337 e. The third kappa shape index (κ3) is 2.86. The molecular weight excluding hydrogens is 222 g/mol. The van der Waals surface area contributed by atoms with Gasteiger partial charge in [-0.2, -0.15) is 0 Å². The fourth-order valence-electron chi connectivity index (χ4n) is 1.74. The summed E-state index contributed by atoms with van der Waals surface area (Å²) in [6.45, 7) is 0. The summed E-state index contributed by atoms with van der Waals surface area (Å²) in [7, 11) is -1.04. The molecular formula is C9H16FO4P. The maximum Gasteiger partial charge on any atom is 0.337 e. The Kier molecular flexibility index (Phi) is 4.04. The number of carbonyl (C=O) groups excluding carboxylic acids is 1. The molecule has 0 aromatic carbocycles. The van der Waals surface area contributed by atoms with Gasteiger partial charge in [-0.1, -0.05) is 0 Å². The SMILES string of the molecule is COP(=O)(CC(=O)C1(F)CCCC1)OC. The quantitative estimate of drug-likeness (QED) is 0.690. The molecule has 0 spiro atoms. The van der Waals surface area contributed by atoms with Gasteiger partial charge in [-0.25, -0.2) is 4.39 Å². The van der Waals surface area contributed by atoms with E-state index in [9.17, 15) is 13.8 Å². The molecule has 0 radical (unpaired) electrons. The van der Waals surface area contributed by atoms with Gasteiger partial charge in [-0.05, 0) is 25.7 Å². The van der Waals surface area contributed by atoms with E-state index in [-0.39, 0.29) is 12.8 Å². The molecule has 1 aliphatic rings. The van der Waals surface area contributed by atoms with E-state index in [0.29, 0.717) is 12.8 Å². The molecule has 0 aliphatic heterocycles. The molecule has 0 aromatic rings. The van der Waals surface area contributed by atoms with Crippen LogP contribution in [-0.2, 0) is 18.4 Å². The first-order chi connectivity index (χ1) is 6.96. The van der Waals surface area contributed by atoms with E-state index in [2.05, 4.69) is 9.05 Å². The fourth-order valence-corrected chi connectivity index (χ4v) is 2.78. The first-order valence-electron chi connectivity index (χ1n) is 4.88. The molecule has 0 heterocycles. The Morgan fingerprint density at radius 3 is 2.20 bits per heavy atom. The second-order valence-corrected chi connectivity index (χ2v) is 6.00.